The average Bonchev–Trinajstić information content (AvgIpc) is 3.42. The standard InChI is InChI=1S/C33H27N3O4S/c1-40-31-17-8-6-15-27(31)30(37)21-41-25-13-9-12-24(19-25)35-33(39)29(36-32(38)22-10-3-2-4-11-22)18-23-20-34-28-16-7-5-14-26(23)28/h2-20,34H,21H2,1H3,(H,35,39)(H,36,38)/b29-18-. The van der Waals surface area contributed by atoms with Gasteiger partial charge in [0.1, 0.15) is 11.4 Å². The summed E-state index contributed by atoms with van der Waals surface area (Å²) in [4.78, 5) is 43.3. The topological polar surface area (TPSA) is 100 Å². The Morgan fingerprint density at radius 3 is 2.46 bits per heavy atom. The number of ether oxygens (including phenoxy) is 1. The van der Waals surface area contributed by atoms with Crippen molar-refractivity contribution in [1.82, 2.24) is 10.3 Å². The van der Waals surface area contributed by atoms with Gasteiger partial charge in [-0.1, -0.05) is 54.6 Å². The maximum atomic E-state index is 13.5. The van der Waals surface area contributed by atoms with Gasteiger partial charge in [-0.25, -0.2) is 0 Å². The zero-order valence-electron chi connectivity index (χ0n) is 22.2. The smallest absolute Gasteiger partial charge is 0.272 e. The Bertz CT molecular complexity index is 1740. The number of hydrogen-bond acceptors (Lipinski definition) is 5. The third kappa shape index (κ3) is 6.74. The Morgan fingerprint density at radius 2 is 1.63 bits per heavy atom. The molecule has 7 nitrogen and oxygen atoms in total. The summed E-state index contributed by atoms with van der Waals surface area (Å²) in [5, 5.41) is 6.58. The van der Waals surface area contributed by atoms with Gasteiger partial charge < -0.3 is 20.4 Å². The highest BCUT2D eigenvalue weighted by molar-refractivity contribution is 8.00. The predicted molar refractivity (Wildman–Crippen MR) is 163 cm³/mol. The number of anilines is 1. The molecular formula is C33H27N3O4S. The van der Waals surface area contributed by atoms with Crippen LogP contribution in [0.5, 0.6) is 5.75 Å². The van der Waals surface area contributed by atoms with E-state index in [1.54, 1.807) is 72.9 Å². The lowest BCUT2D eigenvalue weighted by molar-refractivity contribution is -0.113. The van der Waals surface area contributed by atoms with Gasteiger partial charge in [0.2, 0.25) is 0 Å². The largest absolute Gasteiger partial charge is 0.496 e. The van der Waals surface area contributed by atoms with E-state index in [-0.39, 0.29) is 17.2 Å². The number of thioether (sulfide) groups is 1. The number of aromatic amines is 1. The zero-order valence-corrected chi connectivity index (χ0v) is 23.0. The lowest BCUT2D eigenvalue weighted by Crippen LogP contribution is -2.30. The number of amides is 2. The molecule has 2 amide bonds. The molecule has 0 spiro atoms. The molecule has 0 saturated heterocycles. The molecule has 0 saturated carbocycles. The molecule has 0 aliphatic heterocycles. The van der Waals surface area contributed by atoms with E-state index in [1.165, 1.54) is 18.9 Å². The van der Waals surface area contributed by atoms with Crippen LogP contribution in [-0.2, 0) is 4.79 Å². The van der Waals surface area contributed by atoms with Gasteiger partial charge in [0.25, 0.3) is 11.8 Å². The molecule has 5 aromatic rings. The van der Waals surface area contributed by atoms with Gasteiger partial charge in [-0.2, -0.15) is 0 Å². The first-order chi connectivity index (χ1) is 20.0. The van der Waals surface area contributed by atoms with Crippen LogP contribution < -0.4 is 15.4 Å². The minimum atomic E-state index is -0.480. The third-order valence-corrected chi connectivity index (χ3v) is 7.31. The van der Waals surface area contributed by atoms with E-state index in [9.17, 15) is 14.4 Å². The maximum absolute atomic E-state index is 13.5. The first-order valence-corrected chi connectivity index (χ1v) is 13.8. The third-order valence-electron chi connectivity index (χ3n) is 6.32. The van der Waals surface area contributed by atoms with E-state index in [1.807, 2.05) is 42.5 Å². The second kappa shape index (κ2) is 12.8. The van der Waals surface area contributed by atoms with Gasteiger partial charge in [0.05, 0.1) is 18.4 Å². The molecule has 0 radical (unpaired) electrons. The molecule has 41 heavy (non-hydrogen) atoms. The van der Waals surface area contributed by atoms with E-state index in [2.05, 4.69) is 15.6 Å². The van der Waals surface area contributed by atoms with E-state index in [0.29, 0.717) is 22.6 Å². The summed E-state index contributed by atoms with van der Waals surface area (Å²) in [6, 6.07) is 30.8. The summed E-state index contributed by atoms with van der Waals surface area (Å²) >= 11 is 1.36. The monoisotopic (exact) mass is 561 g/mol. The number of hydrogen-bond donors (Lipinski definition) is 3. The normalized spacial score (nSPS) is 11.2. The molecule has 5 rings (SSSR count). The van der Waals surface area contributed by atoms with Gasteiger partial charge >= 0.3 is 0 Å². The fraction of sp³-hybridized carbons (Fsp3) is 0.0606. The summed E-state index contributed by atoms with van der Waals surface area (Å²) in [7, 11) is 1.54. The second-order valence-corrected chi connectivity index (χ2v) is 10.1. The molecule has 204 valence electrons. The molecule has 0 unspecified atom stereocenters. The van der Waals surface area contributed by atoms with Crippen molar-refractivity contribution in [2.45, 2.75) is 4.90 Å². The van der Waals surface area contributed by atoms with Gasteiger partial charge in [0.15, 0.2) is 5.78 Å². The number of ketones is 1. The van der Waals surface area contributed by atoms with Crippen LogP contribution in [-0.4, -0.2) is 35.4 Å². The van der Waals surface area contributed by atoms with Crippen molar-refractivity contribution in [3.63, 3.8) is 0 Å². The van der Waals surface area contributed by atoms with Gasteiger partial charge in [-0.3, -0.25) is 14.4 Å². The number of nitrogens with one attached hydrogen (secondary N) is 3. The number of Topliss-reactive ketones (excluding diaryl/α,β-unsaturated/α-hetero) is 1. The van der Waals surface area contributed by atoms with Gasteiger partial charge in [-0.15, -0.1) is 11.8 Å². The number of aromatic nitrogens is 1. The SMILES string of the molecule is COc1ccccc1C(=O)CSc1cccc(NC(=O)/C(=C/c2c[nH]c3ccccc23)NC(=O)c2ccccc2)c1. The Morgan fingerprint density at radius 1 is 0.878 bits per heavy atom. The number of carbonyl (C=O) groups is 3. The lowest BCUT2D eigenvalue weighted by Gasteiger charge is -2.12. The van der Waals surface area contributed by atoms with Gasteiger partial charge in [0, 0.05) is 38.8 Å². The Kier molecular flexibility index (Phi) is 8.61. The fourth-order valence-corrected chi connectivity index (χ4v) is 5.11. The second-order valence-electron chi connectivity index (χ2n) is 9.06. The molecule has 0 bridgehead atoms. The van der Waals surface area contributed by atoms with Crippen molar-refractivity contribution in [2.75, 3.05) is 18.2 Å². The number of carbonyl (C=O) groups excluding carboxylic acids is 3. The van der Waals surface area contributed by atoms with E-state index in [4.69, 9.17) is 4.74 Å². The summed E-state index contributed by atoms with van der Waals surface area (Å²) in [6.07, 6.45) is 3.45. The van der Waals surface area contributed by atoms with Crippen LogP contribution in [0.4, 0.5) is 5.69 Å². The molecule has 0 fully saturated rings. The van der Waals surface area contributed by atoms with Crippen LogP contribution in [0.3, 0.4) is 0 Å². The molecule has 1 aromatic heterocycles. The summed E-state index contributed by atoms with van der Waals surface area (Å²) in [5.41, 5.74) is 3.26. The van der Waals surface area contributed by atoms with Crippen LogP contribution in [0.1, 0.15) is 26.3 Å². The summed E-state index contributed by atoms with van der Waals surface area (Å²) in [6.45, 7) is 0. The molecule has 8 heteroatoms. The fourth-order valence-electron chi connectivity index (χ4n) is 4.27. The Balaban J connectivity index is 1.35. The Hall–Kier alpha value is -5.08. The van der Waals surface area contributed by atoms with E-state index in [0.717, 1.165) is 21.4 Å². The van der Waals surface area contributed by atoms with Crippen LogP contribution in [0.2, 0.25) is 0 Å². The number of H-pyrrole nitrogens is 1. The van der Waals surface area contributed by atoms with Crippen LogP contribution >= 0.6 is 11.8 Å². The first kappa shape index (κ1) is 27.5. The highest BCUT2D eigenvalue weighted by Gasteiger charge is 2.17. The average molecular weight is 562 g/mol. The van der Waals surface area contributed by atoms with Crippen LogP contribution in [0.15, 0.2) is 120 Å². The van der Waals surface area contributed by atoms with E-state index >= 15 is 0 Å². The van der Waals surface area contributed by atoms with Crippen LogP contribution in [0.25, 0.3) is 17.0 Å². The zero-order chi connectivity index (χ0) is 28.6. The van der Waals surface area contributed by atoms with Crippen molar-refractivity contribution in [3.8, 4) is 5.75 Å². The number of para-hydroxylation sites is 2. The molecule has 1 heterocycles. The number of fused-ring (bicyclic) bond motifs is 1. The van der Waals surface area contributed by atoms with Crippen molar-refractivity contribution < 1.29 is 19.1 Å². The molecule has 0 aliphatic rings. The van der Waals surface area contributed by atoms with E-state index < -0.39 is 11.8 Å². The number of methoxy groups -OCH3 is 1. The maximum Gasteiger partial charge on any atom is 0.272 e. The summed E-state index contributed by atoms with van der Waals surface area (Å²) < 4.78 is 5.31. The van der Waals surface area contributed by atoms with Crippen molar-refractivity contribution in [1.29, 1.82) is 0 Å². The quantitative estimate of drug-likeness (QED) is 0.102. The van der Waals surface area contributed by atoms with Crippen molar-refractivity contribution in [2.24, 2.45) is 0 Å². The molecular weight excluding hydrogens is 534 g/mol. The van der Waals surface area contributed by atoms with Gasteiger partial charge in [-0.05, 0) is 54.6 Å². The molecule has 4 aromatic carbocycles. The molecule has 3 N–H and O–H groups in total. The summed E-state index contributed by atoms with van der Waals surface area (Å²) in [5.74, 6) is -0.199. The van der Waals surface area contributed by atoms with Crippen LogP contribution in [0, 0.1) is 0 Å². The highest BCUT2D eigenvalue weighted by atomic mass is 32.2. The number of benzene rings is 4. The van der Waals surface area contributed by atoms with Crippen molar-refractivity contribution in [3.05, 3.63) is 132 Å². The highest BCUT2D eigenvalue weighted by Crippen LogP contribution is 2.26. The minimum Gasteiger partial charge on any atom is -0.496 e. The number of rotatable bonds is 10. The minimum absolute atomic E-state index is 0.0607. The Labute approximate surface area is 241 Å². The first-order valence-electron chi connectivity index (χ1n) is 12.9. The lowest BCUT2D eigenvalue weighted by atomic mass is 10.1. The predicted octanol–water partition coefficient (Wildman–Crippen LogP) is 6.56. The molecule has 0 aliphatic carbocycles. The molecule has 0 atom stereocenters. The van der Waals surface area contributed by atoms with Crippen molar-refractivity contribution >= 4 is 52.0 Å².